The number of carbonyl (C=O) groups excluding carboxylic acids is 1. The standard InChI is InChI=1S/C16H23ClN2O2.ClH/c1-11-9-13(7-8-18-11)16(20)19-10-12(2)21-15-5-3-14(17)4-6-15;/h3-6,11-13,18H,7-10H2,1-2H3,(H,19,20);1H/t11-,12?,13-;/m0./s1. The van der Waals surface area contributed by atoms with Crippen LogP contribution in [-0.2, 0) is 4.79 Å². The fourth-order valence-corrected chi connectivity index (χ4v) is 2.67. The van der Waals surface area contributed by atoms with Crippen molar-refractivity contribution in [3.63, 3.8) is 0 Å². The van der Waals surface area contributed by atoms with Crippen LogP contribution < -0.4 is 15.4 Å². The molecule has 1 aromatic carbocycles. The molecule has 1 aromatic rings. The van der Waals surface area contributed by atoms with E-state index in [4.69, 9.17) is 16.3 Å². The minimum absolute atomic E-state index is 0. The maximum atomic E-state index is 12.1. The first-order chi connectivity index (χ1) is 10.0. The highest BCUT2D eigenvalue weighted by Gasteiger charge is 2.24. The Morgan fingerprint density at radius 1 is 1.45 bits per heavy atom. The average molecular weight is 347 g/mol. The normalized spacial score (nSPS) is 22.3. The maximum absolute atomic E-state index is 12.1. The van der Waals surface area contributed by atoms with Gasteiger partial charge in [0.1, 0.15) is 11.9 Å². The summed E-state index contributed by atoms with van der Waals surface area (Å²) in [7, 11) is 0. The van der Waals surface area contributed by atoms with Crippen LogP contribution in [0.5, 0.6) is 5.75 Å². The molecular weight excluding hydrogens is 323 g/mol. The van der Waals surface area contributed by atoms with E-state index in [2.05, 4.69) is 17.6 Å². The number of piperidine rings is 1. The average Bonchev–Trinajstić information content (AvgIpc) is 2.47. The second-order valence-corrected chi connectivity index (χ2v) is 6.14. The van der Waals surface area contributed by atoms with Gasteiger partial charge in [0.2, 0.25) is 5.91 Å². The lowest BCUT2D eigenvalue weighted by Gasteiger charge is -2.27. The van der Waals surface area contributed by atoms with Crippen molar-refractivity contribution < 1.29 is 9.53 Å². The van der Waals surface area contributed by atoms with Gasteiger partial charge in [0.15, 0.2) is 0 Å². The fraction of sp³-hybridized carbons (Fsp3) is 0.562. The molecule has 2 N–H and O–H groups in total. The SMILES string of the molecule is CC(CNC(=O)[C@H]1CCN[C@@H](C)C1)Oc1ccc(Cl)cc1.Cl. The molecule has 0 spiro atoms. The van der Waals surface area contributed by atoms with Crippen molar-refractivity contribution in [3.8, 4) is 5.75 Å². The molecule has 124 valence electrons. The summed E-state index contributed by atoms with van der Waals surface area (Å²) in [6, 6.07) is 7.65. The van der Waals surface area contributed by atoms with E-state index in [1.807, 2.05) is 19.1 Å². The Balaban J connectivity index is 0.00000242. The Morgan fingerprint density at radius 2 is 2.14 bits per heavy atom. The highest BCUT2D eigenvalue weighted by atomic mass is 35.5. The molecule has 1 saturated heterocycles. The van der Waals surface area contributed by atoms with Crippen LogP contribution in [0.1, 0.15) is 26.7 Å². The molecule has 0 aliphatic carbocycles. The number of hydrogen-bond acceptors (Lipinski definition) is 3. The second-order valence-electron chi connectivity index (χ2n) is 5.70. The van der Waals surface area contributed by atoms with Crippen molar-refractivity contribution in [1.82, 2.24) is 10.6 Å². The van der Waals surface area contributed by atoms with Crippen molar-refractivity contribution in [2.45, 2.75) is 38.8 Å². The van der Waals surface area contributed by atoms with Crippen LogP contribution in [0.25, 0.3) is 0 Å². The summed E-state index contributed by atoms with van der Waals surface area (Å²) < 4.78 is 5.74. The van der Waals surface area contributed by atoms with Crippen molar-refractivity contribution in [3.05, 3.63) is 29.3 Å². The lowest BCUT2D eigenvalue weighted by molar-refractivity contribution is -0.126. The van der Waals surface area contributed by atoms with E-state index < -0.39 is 0 Å². The van der Waals surface area contributed by atoms with Crippen molar-refractivity contribution in [2.75, 3.05) is 13.1 Å². The number of carbonyl (C=O) groups is 1. The molecule has 1 aliphatic rings. The highest BCUT2D eigenvalue weighted by molar-refractivity contribution is 6.30. The van der Waals surface area contributed by atoms with Crippen LogP contribution in [0.4, 0.5) is 0 Å². The van der Waals surface area contributed by atoms with E-state index in [0.717, 1.165) is 25.1 Å². The quantitative estimate of drug-likeness (QED) is 0.861. The number of hydrogen-bond donors (Lipinski definition) is 2. The molecule has 1 unspecified atom stereocenters. The number of amides is 1. The predicted molar refractivity (Wildman–Crippen MR) is 92.0 cm³/mol. The van der Waals surface area contributed by atoms with Gasteiger partial charge in [0, 0.05) is 17.0 Å². The van der Waals surface area contributed by atoms with E-state index in [9.17, 15) is 4.79 Å². The summed E-state index contributed by atoms with van der Waals surface area (Å²) in [6.45, 7) is 5.49. The van der Waals surface area contributed by atoms with Crippen LogP contribution in [0, 0.1) is 5.92 Å². The number of ether oxygens (including phenoxy) is 1. The molecule has 3 atom stereocenters. The summed E-state index contributed by atoms with van der Waals surface area (Å²) in [4.78, 5) is 12.1. The van der Waals surface area contributed by atoms with Crippen LogP contribution >= 0.6 is 24.0 Å². The molecule has 6 heteroatoms. The number of rotatable bonds is 5. The zero-order chi connectivity index (χ0) is 15.2. The Kier molecular flexibility index (Phi) is 8.01. The zero-order valence-corrected chi connectivity index (χ0v) is 14.5. The highest BCUT2D eigenvalue weighted by Crippen LogP contribution is 2.17. The first-order valence-electron chi connectivity index (χ1n) is 7.48. The Labute approximate surface area is 143 Å². The third-order valence-electron chi connectivity index (χ3n) is 3.71. The molecule has 1 amide bonds. The Bertz CT molecular complexity index is 468. The second kappa shape index (κ2) is 9.23. The van der Waals surface area contributed by atoms with Crippen molar-refractivity contribution in [1.29, 1.82) is 0 Å². The molecule has 2 rings (SSSR count). The minimum atomic E-state index is -0.0748. The molecule has 0 saturated carbocycles. The van der Waals surface area contributed by atoms with Crippen LogP contribution in [-0.4, -0.2) is 31.1 Å². The van der Waals surface area contributed by atoms with Crippen LogP contribution in [0.15, 0.2) is 24.3 Å². The smallest absolute Gasteiger partial charge is 0.223 e. The summed E-state index contributed by atoms with van der Waals surface area (Å²) in [5.74, 6) is 1.01. The lowest BCUT2D eigenvalue weighted by Crippen LogP contribution is -2.44. The van der Waals surface area contributed by atoms with Gasteiger partial charge in [-0.25, -0.2) is 0 Å². The third-order valence-corrected chi connectivity index (χ3v) is 3.96. The Morgan fingerprint density at radius 3 is 2.77 bits per heavy atom. The van der Waals surface area contributed by atoms with Gasteiger partial charge in [-0.2, -0.15) is 0 Å². The van der Waals surface area contributed by atoms with E-state index >= 15 is 0 Å². The van der Waals surface area contributed by atoms with Crippen LogP contribution in [0.2, 0.25) is 5.02 Å². The molecule has 4 nitrogen and oxygen atoms in total. The monoisotopic (exact) mass is 346 g/mol. The Hall–Kier alpha value is -0.970. The maximum Gasteiger partial charge on any atom is 0.223 e. The van der Waals surface area contributed by atoms with E-state index in [1.54, 1.807) is 12.1 Å². The topological polar surface area (TPSA) is 50.4 Å². The predicted octanol–water partition coefficient (Wildman–Crippen LogP) is 3.03. The number of benzene rings is 1. The van der Waals surface area contributed by atoms with E-state index in [0.29, 0.717) is 17.6 Å². The van der Waals surface area contributed by atoms with Gasteiger partial charge >= 0.3 is 0 Å². The van der Waals surface area contributed by atoms with E-state index in [1.165, 1.54) is 0 Å². The molecule has 1 fully saturated rings. The van der Waals surface area contributed by atoms with Gasteiger partial charge in [0.25, 0.3) is 0 Å². The first-order valence-corrected chi connectivity index (χ1v) is 7.85. The van der Waals surface area contributed by atoms with Gasteiger partial charge in [-0.15, -0.1) is 12.4 Å². The van der Waals surface area contributed by atoms with Crippen molar-refractivity contribution >= 4 is 29.9 Å². The lowest BCUT2D eigenvalue weighted by atomic mass is 9.92. The summed E-state index contributed by atoms with van der Waals surface area (Å²) in [5.41, 5.74) is 0. The minimum Gasteiger partial charge on any atom is -0.489 e. The number of nitrogens with one attached hydrogen (secondary N) is 2. The third kappa shape index (κ3) is 6.03. The van der Waals surface area contributed by atoms with Gasteiger partial charge in [-0.3, -0.25) is 4.79 Å². The molecule has 0 aromatic heterocycles. The van der Waals surface area contributed by atoms with E-state index in [-0.39, 0.29) is 30.3 Å². The molecule has 1 heterocycles. The van der Waals surface area contributed by atoms with Gasteiger partial charge < -0.3 is 15.4 Å². The fourth-order valence-electron chi connectivity index (χ4n) is 2.55. The van der Waals surface area contributed by atoms with Crippen LogP contribution in [0.3, 0.4) is 0 Å². The molecule has 0 bridgehead atoms. The summed E-state index contributed by atoms with van der Waals surface area (Å²) in [6.07, 6.45) is 1.73. The van der Waals surface area contributed by atoms with Gasteiger partial charge in [-0.1, -0.05) is 11.6 Å². The van der Waals surface area contributed by atoms with Gasteiger partial charge in [-0.05, 0) is 57.5 Å². The van der Waals surface area contributed by atoms with Gasteiger partial charge in [0.05, 0.1) is 6.54 Å². The van der Waals surface area contributed by atoms with Crippen molar-refractivity contribution in [2.24, 2.45) is 5.92 Å². The first kappa shape index (κ1) is 19.1. The zero-order valence-electron chi connectivity index (χ0n) is 13.0. The summed E-state index contributed by atoms with van der Waals surface area (Å²) in [5, 5.41) is 7.02. The molecule has 1 aliphatic heterocycles. The number of halogens is 2. The molecule has 0 radical (unpaired) electrons. The molecule has 22 heavy (non-hydrogen) atoms. The molecular formula is C16H24Cl2N2O2. The summed E-state index contributed by atoms with van der Waals surface area (Å²) >= 11 is 5.83. The largest absolute Gasteiger partial charge is 0.489 e.